The molecule has 90 valence electrons. The Hall–Kier alpha value is -0.370. The smallest absolute Gasteiger partial charge is 0.0895 e. The minimum atomic E-state index is 0. The summed E-state index contributed by atoms with van der Waals surface area (Å²) < 4.78 is 0. The fourth-order valence-corrected chi connectivity index (χ4v) is 1.20. The van der Waals surface area contributed by atoms with Gasteiger partial charge in [-0.2, -0.15) is 0 Å². The van der Waals surface area contributed by atoms with Crippen molar-refractivity contribution in [1.82, 2.24) is 4.90 Å². The average Bonchev–Trinajstić information content (AvgIpc) is 2.15. The third-order valence-corrected chi connectivity index (χ3v) is 2.08. The highest BCUT2D eigenvalue weighted by molar-refractivity contribution is 5.85. The van der Waals surface area contributed by atoms with Crippen molar-refractivity contribution in [3.63, 3.8) is 0 Å². The summed E-state index contributed by atoms with van der Waals surface area (Å²) in [6, 6.07) is 3.17. The van der Waals surface area contributed by atoms with Crippen molar-refractivity contribution in [2.24, 2.45) is 9.98 Å². The molecule has 1 unspecified atom stereocenters. The topological polar surface area (TPSA) is 28.0 Å². The van der Waals surface area contributed by atoms with Gasteiger partial charge in [0.2, 0.25) is 0 Å². The number of aliphatic imine (C=N–C) groups is 2. The van der Waals surface area contributed by atoms with E-state index in [0.29, 0.717) is 6.04 Å². The number of hydrogen-bond donors (Lipinski definition) is 0. The molecule has 15 heavy (non-hydrogen) atoms. The molecule has 0 heterocycles. The van der Waals surface area contributed by atoms with Crippen LogP contribution in [0.15, 0.2) is 9.98 Å². The Balaban J connectivity index is 0. The molecule has 0 fully saturated rings. The Morgan fingerprint density at radius 1 is 1.27 bits per heavy atom. The highest BCUT2D eigenvalue weighted by Crippen LogP contribution is 2.05. The third-order valence-electron chi connectivity index (χ3n) is 2.08. The van der Waals surface area contributed by atoms with Crippen LogP contribution in [0.1, 0.15) is 33.1 Å². The molecule has 0 aliphatic rings. The largest absolute Gasteiger partial charge is 0.309 e. The van der Waals surface area contributed by atoms with Crippen molar-refractivity contribution in [3.8, 4) is 0 Å². The minimum absolute atomic E-state index is 0. The summed E-state index contributed by atoms with van der Waals surface area (Å²) in [6.07, 6.45) is 3.42. The van der Waals surface area contributed by atoms with E-state index in [1.165, 1.54) is 6.42 Å². The first-order chi connectivity index (χ1) is 6.70. The van der Waals surface area contributed by atoms with Crippen molar-refractivity contribution >= 4 is 18.4 Å². The van der Waals surface area contributed by atoms with Crippen LogP contribution in [0, 0.1) is 0 Å². The van der Waals surface area contributed by atoms with Crippen LogP contribution >= 0.6 is 12.4 Å². The molecule has 1 atom stereocenters. The first-order valence-corrected chi connectivity index (χ1v) is 5.46. The lowest BCUT2D eigenvalue weighted by molar-refractivity contribution is 0.383. The zero-order valence-corrected chi connectivity index (χ0v) is 11.2. The van der Waals surface area contributed by atoms with Crippen LogP contribution in [0.25, 0.3) is 0 Å². The standard InChI is InChI=1S/C11H23N3.ClH/c1-5-11(13-10-12-6-2)8-7-9-14(3)4;/h11H,5-9H2,1-4H3;1H. The van der Waals surface area contributed by atoms with Gasteiger partial charge in [0.1, 0.15) is 0 Å². The van der Waals surface area contributed by atoms with E-state index in [4.69, 9.17) is 0 Å². The van der Waals surface area contributed by atoms with E-state index in [1.54, 1.807) is 0 Å². The minimum Gasteiger partial charge on any atom is -0.309 e. The van der Waals surface area contributed by atoms with Gasteiger partial charge in [-0.15, -0.1) is 12.4 Å². The molecule has 0 amide bonds. The molecule has 0 saturated heterocycles. The Morgan fingerprint density at radius 2 is 1.93 bits per heavy atom. The molecule has 0 radical (unpaired) electrons. The molecule has 0 aliphatic heterocycles. The molecule has 0 aromatic heterocycles. The predicted octanol–water partition coefficient (Wildman–Crippen LogP) is 2.72. The van der Waals surface area contributed by atoms with Crippen LogP contribution in [0.4, 0.5) is 0 Å². The molecule has 0 bridgehead atoms. The lowest BCUT2D eigenvalue weighted by atomic mass is 10.1. The molecule has 0 aliphatic carbocycles. The second kappa shape index (κ2) is 11.7. The van der Waals surface area contributed by atoms with Crippen LogP contribution in [0.3, 0.4) is 0 Å². The Labute approximate surface area is 100 Å². The second-order valence-electron chi connectivity index (χ2n) is 3.71. The van der Waals surface area contributed by atoms with Crippen molar-refractivity contribution in [1.29, 1.82) is 0 Å². The quantitative estimate of drug-likeness (QED) is 0.622. The van der Waals surface area contributed by atoms with Crippen molar-refractivity contribution in [3.05, 3.63) is 0 Å². The van der Waals surface area contributed by atoms with Crippen LogP contribution < -0.4 is 0 Å². The summed E-state index contributed by atoms with van der Waals surface area (Å²) in [5, 5.41) is 0. The zero-order chi connectivity index (χ0) is 10.8. The predicted molar refractivity (Wildman–Crippen MR) is 69.5 cm³/mol. The first-order valence-electron chi connectivity index (χ1n) is 5.46. The summed E-state index contributed by atoms with van der Waals surface area (Å²) >= 11 is 0. The molecular weight excluding hydrogens is 210 g/mol. The van der Waals surface area contributed by atoms with Gasteiger partial charge in [-0.05, 0) is 46.8 Å². The number of hydrogen-bond acceptors (Lipinski definition) is 3. The van der Waals surface area contributed by atoms with E-state index >= 15 is 0 Å². The van der Waals surface area contributed by atoms with Crippen molar-refractivity contribution < 1.29 is 0 Å². The zero-order valence-electron chi connectivity index (χ0n) is 10.4. The molecule has 4 heteroatoms. The maximum Gasteiger partial charge on any atom is 0.0895 e. The van der Waals surface area contributed by atoms with Crippen LogP contribution in [-0.4, -0.2) is 44.1 Å². The fourth-order valence-electron chi connectivity index (χ4n) is 1.20. The van der Waals surface area contributed by atoms with E-state index in [9.17, 15) is 0 Å². The maximum atomic E-state index is 4.29. The van der Waals surface area contributed by atoms with Crippen molar-refractivity contribution in [2.75, 3.05) is 27.2 Å². The van der Waals surface area contributed by atoms with E-state index in [2.05, 4.69) is 41.9 Å². The summed E-state index contributed by atoms with van der Waals surface area (Å²) in [4.78, 5) is 10.5. The van der Waals surface area contributed by atoms with Gasteiger partial charge in [0.15, 0.2) is 0 Å². The Morgan fingerprint density at radius 3 is 2.40 bits per heavy atom. The summed E-state index contributed by atoms with van der Waals surface area (Å²) in [5.41, 5.74) is 0. The van der Waals surface area contributed by atoms with Gasteiger partial charge >= 0.3 is 0 Å². The average molecular weight is 234 g/mol. The Kier molecular flexibility index (Phi) is 13.3. The second-order valence-corrected chi connectivity index (χ2v) is 3.71. The van der Waals surface area contributed by atoms with E-state index in [-0.39, 0.29) is 12.4 Å². The molecule has 0 saturated carbocycles. The van der Waals surface area contributed by atoms with Gasteiger partial charge in [-0.1, -0.05) is 6.92 Å². The van der Waals surface area contributed by atoms with Gasteiger partial charge in [-0.25, -0.2) is 9.98 Å². The lowest BCUT2D eigenvalue weighted by Crippen LogP contribution is -2.15. The van der Waals surface area contributed by atoms with Gasteiger partial charge in [0.05, 0.1) is 12.1 Å². The molecule has 0 rings (SSSR count). The first kappa shape index (κ1) is 17.0. The monoisotopic (exact) mass is 233 g/mol. The maximum absolute atomic E-state index is 4.29. The molecule has 0 aromatic rings. The van der Waals surface area contributed by atoms with Crippen LogP contribution in [0.5, 0.6) is 0 Å². The van der Waals surface area contributed by atoms with Crippen molar-refractivity contribution in [2.45, 2.75) is 39.2 Å². The normalized spacial score (nSPS) is 11.5. The fraction of sp³-hybridized carbons (Fsp3) is 0.909. The summed E-state index contributed by atoms with van der Waals surface area (Å²) in [7, 11) is 4.20. The van der Waals surface area contributed by atoms with Gasteiger partial charge in [-0.3, -0.25) is 0 Å². The number of rotatable bonds is 7. The van der Waals surface area contributed by atoms with E-state index < -0.39 is 0 Å². The lowest BCUT2D eigenvalue weighted by Gasteiger charge is -2.11. The van der Waals surface area contributed by atoms with Gasteiger partial charge in [0, 0.05) is 6.54 Å². The summed E-state index contributed by atoms with van der Waals surface area (Å²) in [5.74, 6) is 0. The van der Waals surface area contributed by atoms with Gasteiger partial charge < -0.3 is 4.90 Å². The highest BCUT2D eigenvalue weighted by atomic mass is 35.5. The number of nitrogens with zero attached hydrogens (tertiary/aromatic N) is 3. The van der Waals surface area contributed by atoms with E-state index in [0.717, 1.165) is 25.9 Å². The molecule has 0 aromatic carbocycles. The Bertz CT molecular complexity index is 186. The summed E-state index contributed by atoms with van der Waals surface area (Å²) in [6.45, 7) is 6.07. The molecule has 0 N–H and O–H groups in total. The SMILES string of the molecule is CCN=C=NC(CC)CCCN(C)C.Cl. The highest BCUT2D eigenvalue weighted by Gasteiger charge is 2.02. The number of halogens is 1. The third kappa shape index (κ3) is 11.6. The molecule has 3 nitrogen and oxygen atoms in total. The molecular formula is C11H24ClN3. The van der Waals surface area contributed by atoms with Gasteiger partial charge in [0.25, 0.3) is 0 Å². The van der Waals surface area contributed by atoms with Crippen LogP contribution in [-0.2, 0) is 0 Å². The molecule has 0 spiro atoms. The van der Waals surface area contributed by atoms with E-state index in [1.807, 2.05) is 6.92 Å². The van der Waals surface area contributed by atoms with Crippen LogP contribution in [0.2, 0.25) is 0 Å².